The van der Waals surface area contributed by atoms with Crippen molar-refractivity contribution in [3.8, 4) is 0 Å². The molecular formula is C11H12N2O2. The van der Waals surface area contributed by atoms with Crippen molar-refractivity contribution in [2.45, 2.75) is 25.3 Å². The van der Waals surface area contributed by atoms with Gasteiger partial charge in [-0.25, -0.2) is 0 Å². The number of rotatable bonds is 0. The molecule has 0 radical (unpaired) electrons. The first kappa shape index (κ1) is 8.71. The van der Waals surface area contributed by atoms with Gasteiger partial charge in [-0.05, 0) is 6.42 Å². The highest BCUT2D eigenvalue weighted by atomic mass is 16.2. The van der Waals surface area contributed by atoms with Gasteiger partial charge in [0, 0.05) is 42.9 Å². The minimum Gasteiger partial charge on any atom is -0.364 e. The Bertz CT molecular complexity index is 478. The van der Waals surface area contributed by atoms with Crippen LogP contribution in [0.4, 0.5) is 0 Å². The Labute approximate surface area is 86.9 Å². The summed E-state index contributed by atoms with van der Waals surface area (Å²) in [5.74, 6) is 0.189. The average molecular weight is 204 g/mol. The number of nitrogens with one attached hydrogen (secondary N) is 1. The normalized spacial score (nSPS) is 23.9. The number of carbonyl (C=O) groups is 1. The highest BCUT2D eigenvalue weighted by molar-refractivity contribution is 5.79. The second-order valence-corrected chi connectivity index (χ2v) is 4.13. The quantitative estimate of drug-likeness (QED) is 0.672. The number of fused-ring (bicyclic) bond motifs is 3. The van der Waals surface area contributed by atoms with Crippen LogP contribution >= 0.6 is 0 Å². The fraction of sp³-hybridized carbons (Fsp3) is 0.455. The molecule has 0 aromatic carbocycles. The fourth-order valence-electron chi connectivity index (χ4n) is 2.65. The van der Waals surface area contributed by atoms with Gasteiger partial charge in [-0.3, -0.25) is 9.59 Å². The van der Waals surface area contributed by atoms with E-state index in [1.165, 1.54) is 0 Å². The van der Waals surface area contributed by atoms with Crippen LogP contribution in [0.15, 0.2) is 17.1 Å². The van der Waals surface area contributed by atoms with Gasteiger partial charge in [0.2, 0.25) is 5.91 Å². The van der Waals surface area contributed by atoms with E-state index < -0.39 is 0 Å². The smallest absolute Gasteiger partial charge is 0.223 e. The SMILES string of the molecule is O=C1CCC2c3c([nH]ccc3=O)CCN12. The Hall–Kier alpha value is -1.58. The minimum absolute atomic E-state index is 0.0335. The number of aromatic amines is 1. The Morgan fingerprint density at radius 2 is 2.20 bits per heavy atom. The van der Waals surface area contributed by atoms with E-state index in [-0.39, 0.29) is 17.4 Å². The number of amides is 1. The van der Waals surface area contributed by atoms with Crippen LogP contribution < -0.4 is 5.43 Å². The third-order valence-corrected chi connectivity index (χ3v) is 3.35. The molecule has 78 valence electrons. The molecular weight excluding hydrogens is 192 g/mol. The van der Waals surface area contributed by atoms with Crippen molar-refractivity contribution in [1.82, 2.24) is 9.88 Å². The first-order valence-electron chi connectivity index (χ1n) is 5.27. The van der Waals surface area contributed by atoms with Gasteiger partial charge in [0.1, 0.15) is 0 Å². The van der Waals surface area contributed by atoms with Crippen LogP contribution in [0.3, 0.4) is 0 Å². The Balaban J connectivity index is 2.16. The Kier molecular flexibility index (Phi) is 1.71. The number of H-pyrrole nitrogens is 1. The fourth-order valence-corrected chi connectivity index (χ4v) is 2.65. The number of hydrogen-bond acceptors (Lipinski definition) is 2. The van der Waals surface area contributed by atoms with E-state index in [1.807, 2.05) is 4.90 Å². The van der Waals surface area contributed by atoms with Gasteiger partial charge in [-0.1, -0.05) is 0 Å². The molecule has 0 bridgehead atoms. The van der Waals surface area contributed by atoms with E-state index in [9.17, 15) is 9.59 Å². The van der Waals surface area contributed by atoms with Crippen molar-refractivity contribution >= 4 is 5.91 Å². The molecule has 15 heavy (non-hydrogen) atoms. The van der Waals surface area contributed by atoms with Crippen LogP contribution in [0, 0.1) is 0 Å². The van der Waals surface area contributed by atoms with Gasteiger partial charge in [-0.15, -0.1) is 0 Å². The van der Waals surface area contributed by atoms with Gasteiger partial charge in [0.05, 0.1) is 6.04 Å². The van der Waals surface area contributed by atoms with Crippen LogP contribution in [0.2, 0.25) is 0 Å². The van der Waals surface area contributed by atoms with E-state index in [0.717, 1.165) is 30.6 Å². The molecule has 3 rings (SSSR count). The molecule has 4 heteroatoms. The molecule has 1 N–H and O–H groups in total. The van der Waals surface area contributed by atoms with Crippen molar-refractivity contribution < 1.29 is 4.79 Å². The summed E-state index contributed by atoms with van der Waals surface area (Å²) in [5.41, 5.74) is 1.89. The van der Waals surface area contributed by atoms with Crippen molar-refractivity contribution in [3.63, 3.8) is 0 Å². The largest absolute Gasteiger partial charge is 0.364 e. The summed E-state index contributed by atoms with van der Waals surface area (Å²) in [6, 6.07) is 1.58. The summed E-state index contributed by atoms with van der Waals surface area (Å²) in [6.45, 7) is 0.746. The molecule has 4 nitrogen and oxygen atoms in total. The molecule has 0 spiro atoms. The molecule has 3 heterocycles. The maximum atomic E-state index is 11.8. The zero-order valence-electron chi connectivity index (χ0n) is 8.32. The molecule has 1 amide bonds. The molecule has 1 unspecified atom stereocenters. The van der Waals surface area contributed by atoms with E-state index >= 15 is 0 Å². The topological polar surface area (TPSA) is 53.2 Å². The predicted octanol–water partition coefficient (Wildman–Crippen LogP) is 0.595. The first-order valence-corrected chi connectivity index (χ1v) is 5.27. The molecule has 1 aromatic heterocycles. The average Bonchev–Trinajstić information content (AvgIpc) is 2.61. The molecule has 1 saturated heterocycles. The Morgan fingerprint density at radius 3 is 3.07 bits per heavy atom. The summed E-state index contributed by atoms with van der Waals surface area (Å²) < 4.78 is 0. The highest BCUT2D eigenvalue weighted by Crippen LogP contribution is 2.35. The Morgan fingerprint density at radius 1 is 1.33 bits per heavy atom. The second kappa shape index (κ2) is 2.95. The predicted molar refractivity (Wildman–Crippen MR) is 54.5 cm³/mol. The highest BCUT2D eigenvalue weighted by Gasteiger charge is 2.37. The van der Waals surface area contributed by atoms with Gasteiger partial charge >= 0.3 is 0 Å². The lowest BCUT2D eigenvalue weighted by Crippen LogP contribution is -2.37. The zero-order valence-corrected chi connectivity index (χ0v) is 8.32. The van der Waals surface area contributed by atoms with Gasteiger partial charge < -0.3 is 9.88 Å². The molecule has 0 saturated carbocycles. The zero-order chi connectivity index (χ0) is 10.4. The molecule has 1 fully saturated rings. The standard InChI is InChI=1S/C11H12N2O2/c14-9-3-5-12-7-4-6-13-8(11(7)9)1-2-10(13)15/h3,5,8H,1-2,4,6H2,(H,12,14). The lowest BCUT2D eigenvalue weighted by atomic mass is 9.97. The molecule has 0 aliphatic carbocycles. The third-order valence-electron chi connectivity index (χ3n) is 3.35. The van der Waals surface area contributed by atoms with E-state index in [2.05, 4.69) is 4.98 Å². The summed E-state index contributed by atoms with van der Waals surface area (Å²) in [7, 11) is 0. The lowest BCUT2D eigenvalue weighted by molar-refractivity contribution is -0.129. The van der Waals surface area contributed by atoms with Crippen molar-refractivity contribution in [3.05, 3.63) is 33.7 Å². The van der Waals surface area contributed by atoms with Crippen LogP contribution in [0.25, 0.3) is 0 Å². The second-order valence-electron chi connectivity index (χ2n) is 4.13. The van der Waals surface area contributed by atoms with E-state index in [0.29, 0.717) is 6.42 Å². The first-order chi connectivity index (χ1) is 7.27. The molecule has 1 aromatic rings. The van der Waals surface area contributed by atoms with Crippen LogP contribution in [-0.4, -0.2) is 22.3 Å². The monoisotopic (exact) mass is 204 g/mol. The van der Waals surface area contributed by atoms with Crippen molar-refractivity contribution in [1.29, 1.82) is 0 Å². The summed E-state index contributed by atoms with van der Waals surface area (Å²) >= 11 is 0. The molecule has 2 aliphatic heterocycles. The molecule has 1 atom stereocenters. The van der Waals surface area contributed by atoms with Gasteiger partial charge in [0.25, 0.3) is 0 Å². The van der Waals surface area contributed by atoms with Gasteiger partial charge in [-0.2, -0.15) is 0 Å². The number of hydrogen-bond donors (Lipinski definition) is 1. The maximum absolute atomic E-state index is 11.8. The summed E-state index contributed by atoms with van der Waals surface area (Å²) in [6.07, 6.45) is 3.83. The van der Waals surface area contributed by atoms with Crippen LogP contribution in [-0.2, 0) is 11.2 Å². The van der Waals surface area contributed by atoms with E-state index in [4.69, 9.17) is 0 Å². The number of pyridine rings is 1. The maximum Gasteiger partial charge on any atom is 0.223 e. The van der Waals surface area contributed by atoms with Crippen molar-refractivity contribution in [2.75, 3.05) is 6.54 Å². The van der Waals surface area contributed by atoms with Crippen molar-refractivity contribution in [2.24, 2.45) is 0 Å². The lowest BCUT2D eigenvalue weighted by Gasteiger charge is -2.30. The third kappa shape index (κ3) is 1.14. The number of carbonyl (C=O) groups excluding carboxylic acids is 1. The summed E-state index contributed by atoms with van der Waals surface area (Å²) in [5, 5.41) is 0. The number of nitrogens with zero attached hydrogens (tertiary/aromatic N) is 1. The van der Waals surface area contributed by atoms with Crippen LogP contribution in [0.5, 0.6) is 0 Å². The number of aromatic nitrogens is 1. The van der Waals surface area contributed by atoms with Gasteiger partial charge in [0.15, 0.2) is 5.43 Å². The summed E-state index contributed by atoms with van der Waals surface area (Å²) in [4.78, 5) is 28.3. The minimum atomic E-state index is 0.0335. The van der Waals surface area contributed by atoms with Crippen LogP contribution in [0.1, 0.15) is 30.1 Å². The van der Waals surface area contributed by atoms with E-state index in [1.54, 1.807) is 12.3 Å². The molecule has 2 aliphatic rings.